The molecule has 4 rings (SSSR count). The zero-order valence-corrected chi connectivity index (χ0v) is 22.5. The molecule has 1 heterocycles. The number of nitrogens with one attached hydrogen (secondary N) is 1. The van der Waals surface area contributed by atoms with Crippen molar-refractivity contribution in [1.82, 2.24) is 9.88 Å². The molecule has 2 amide bonds. The zero-order chi connectivity index (χ0) is 29.9. The van der Waals surface area contributed by atoms with Crippen LogP contribution >= 0.6 is 11.3 Å². The molecule has 0 unspecified atom stereocenters. The number of aromatic nitrogens is 1. The van der Waals surface area contributed by atoms with E-state index in [0.717, 1.165) is 46.5 Å². The van der Waals surface area contributed by atoms with Gasteiger partial charge in [-0.05, 0) is 67.4 Å². The molecule has 0 fully saturated rings. The number of alkyl halides is 6. The average Bonchev–Trinajstić information content (AvgIpc) is 3.18. The Morgan fingerprint density at radius 3 is 2.05 bits per heavy atom. The van der Waals surface area contributed by atoms with E-state index in [9.17, 15) is 35.9 Å². The summed E-state index contributed by atoms with van der Waals surface area (Å²) in [5.74, 6) is -1.27. The summed E-state index contributed by atoms with van der Waals surface area (Å²) >= 11 is 1.23. The number of carbonyl (C=O) groups excluding carboxylic acids is 2. The summed E-state index contributed by atoms with van der Waals surface area (Å²) in [5.41, 5.74) is 0.253. The number of halogens is 6. The lowest BCUT2D eigenvalue weighted by atomic mass is 10.1. The average molecular weight is 592 g/mol. The summed E-state index contributed by atoms with van der Waals surface area (Å²) < 4.78 is 79.7. The first-order chi connectivity index (χ1) is 19.2. The number of hydrogen-bond donors (Lipinski definition) is 1. The van der Waals surface area contributed by atoms with Crippen molar-refractivity contribution in [3.8, 4) is 0 Å². The molecule has 12 heteroatoms. The Morgan fingerprint density at radius 1 is 0.805 bits per heavy atom. The molecule has 1 aromatic heterocycles. The van der Waals surface area contributed by atoms with E-state index in [4.69, 9.17) is 0 Å². The first kappa shape index (κ1) is 29.8. The van der Waals surface area contributed by atoms with E-state index in [0.29, 0.717) is 15.9 Å². The first-order valence-corrected chi connectivity index (χ1v) is 13.0. The van der Waals surface area contributed by atoms with Crippen LogP contribution in [0.3, 0.4) is 0 Å². The summed E-state index contributed by atoms with van der Waals surface area (Å²) in [6, 6.07) is 15.3. The van der Waals surface area contributed by atoms with Gasteiger partial charge in [0.05, 0.1) is 17.7 Å². The van der Waals surface area contributed by atoms with Gasteiger partial charge in [0.25, 0.3) is 11.8 Å². The van der Waals surface area contributed by atoms with E-state index in [1.165, 1.54) is 29.5 Å². The largest absolute Gasteiger partial charge is 0.416 e. The normalized spacial score (nSPS) is 12.4. The fourth-order valence-corrected chi connectivity index (χ4v) is 4.91. The van der Waals surface area contributed by atoms with Crippen LogP contribution in [0.2, 0.25) is 0 Å². The van der Waals surface area contributed by atoms with Gasteiger partial charge < -0.3 is 9.88 Å². The standard InChI is InChI=1S/C29H23F6N3O2S/c1-17-18(2)41-27(37-26(40)22-6-4-8-24(14-22)29(33,34)35)38(17)16-19-9-11-21(12-10-19)25(39)36-15-20-5-3-7-23(13-20)28(30,31)32/h3-14H,15-16H2,1-2H3,(H,36,39). The van der Waals surface area contributed by atoms with Gasteiger partial charge in [-0.2, -0.15) is 31.3 Å². The minimum Gasteiger partial charge on any atom is -0.348 e. The smallest absolute Gasteiger partial charge is 0.348 e. The van der Waals surface area contributed by atoms with Crippen LogP contribution in [0.4, 0.5) is 26.3 Å². The van der Waals surface area contributed by atoms with Crippen LogP contribution in [-0.4, -0.2) is 16.4 Å². The zero-order valence-electron chi connectivity index (χ0n) is 21.7. The fourth-order valence-electron chi connectivity index (χ4n) is 3.93. The van der Waals surface area contributed by atoms with E-state index in [-0.39, 0.29) is 18.7 Å². The highest BCUT2D eigenvalue weighted by molar-refractivity contribution is 7.09. The minimum absolute atomic E-state index is 0.0848. The molecule has 0 radical (unpaired) electrons. The number of thiazole rings is 1. The third-order valence-electron chi connectivity index (χ3n) is 6.29. The lowest BCUT2D eigenvalue weighted by Crippen LogP contribution is -2.23. The van der Waals surface area contributed by atoms with Gasteiger partial charge in [0, 0.05) is 28.2 Å². The van der Waals surface area contributed by atoms with Crippen LogP contribution in [0.5, 0.6) is 0 Å². The van der Waals surface area contributed by atoms with Gasteiger partial charge in [-0.3, -0.25) is 9.59 Å². The lowest BCUT2D eigenvalue weighted by Gasteiger charge is -2.10. The van der Waals surface area contributed by atoms with Crippen LogP contribution < -0.4 is 10.1 Å². The molecule has 0 saturated carbocycles. The van der Waals surface area contributed by atoms with Gasteiger partial charge in [0.2, 0.25) is 0 Å². The second-order valence-electron chi connectivity index (χ2n) is 9.19. The molecular weight excluding hydrogens is 568 g/mol. The maximum atomic E-state index is 13.1. The highest BCUT2D eigenvalue weighted by atomic mass is 32.1. The SMILES string of the molecule is Cc1sc(=NC(=O)c2cccc(C(F)(F)F)c2)n(Cc2ccc(C(=O)NCc3cccc(C(F)(F)F)c3)cc2)c1C. The molecular formula is C29H23F6N3O2S. The Labute approximate surface area is 234 Å². The van der Waals surface area contributed by atoms with Crippen LogP contribution in [0.25, 0.3) is 0 Å². The Hall–Kier alpha value is -4.19. The van der Waals surface area contributed by atoms with Gasteiger partial charge in [-0.25, -0.2) is 0 Å². The molecule has 1 N–H and O–H groups in total. The van der Waals surface area contributed by atoms with Crippen molar-refractivity contribution < 1.29 is 35.9 Å². The second-order valence-corrected chi connectivity index (χ2v) is 10.4. The van der Waals surface area contributed by atoms with Crippen molar-refractivity contribution in [2.45, 2.75) is 39.3 Å². The third-order valence-corrected chi connectivity index (χ3v) is 7.38. The quantitative estimate of drug-likeness (QED) is 0.248. The molecule has 3 aromatic carbocycles. The van der Waals surface area contributed by atoms with Gasteiger partial charge in [0.15, 0.2) is 4.80 Å². The molecule has 0 atom stereocenters. The van der Waals surface area contributed by atoms with Crippen LogP contribution in [0.15, 0.2) is 77.8 Å². The fraction of sp³-hybridized carbons (Fsp3) is 0.207. The Bertz CT molecular complexity index is 1650. The molecule has 5 nitrogen and oxygen atoms in total. The molecule has 41 heavy (non-hydrogen) atoms. The van der Waals surface area contributed by atoms with Crippen molar-refractivity contribution in [2.24, 2.45) is 4.99 Å². The molecule has 4 aromatic rings. The van der Waals surface area contributed by atoms with Crippen LogP contribution in [0, 0.1) is 13.8 Å². The summed E-state index contributed by atoms with van der Waals surface area (Å²) in [4.78, 5) is 30.6. The van der Waals surface area contributed by atoms with E-state index < -0.39 is 35.3 Å². The van der Waals surface area contributed by atoms with Gasteiger partial charge >= 0.3 is 12.4 Å². The highest BCUT2D eigenvalue weighted by Gasteiger charge is 2.31. The molecule has 0 aliphatic rings. The maximum absolute atomic E-state index is 13.1. The van der Waals surface area contributed by atoms with Crippen molar-refractivity contribution in [2.75, 3.05) is 0 Å². The van der Waals surface area contributed by atoms with Crippen molar-refractivity contribution in [3.63, 3.8) is 0 Å². The number of rotatable bonds is 6. The Kier molecular flexibility index (Phi) is 8.52. The molecule has 0 bridgehead atoms. The summed E-state index contributed by atoms with van der Waals surface area (Å²) in [6.07, 6.45) is -9.07. The van der Waals surface area contributed by atoms with Crippen molar-refractivity contribution >= 4 is 23.2 Å². The highest BCUT2D eigenvalue weighted by Crippen LogP contribution is 2.30. The molecule has 0 saturated heterocycles. The number of amides is 2. The van der Waals surface area contributed by atoms with E-state index in [2.05, 4.69) is 10.3 Å². The van der Waals surface area contributed by atoms with Crippen molar-refractivity contribution in [3.05, 3.63) is 122 Å². The summed E-state index contributed by atoms with van der Waals surface area (Å²) in [6.45, 7) is 3.85. The minimum atomic E-state index is -4.59. The molecule has 0 spiro atoms. The monoisotopic (exact) mass is 591 g/mol. The summed E-state index contributed by atoms with van der Waals surface area (Å²) in [5, 5.41) is 2.60. The number of aryl methyl sites for hydroxylation is 1. The third kappa shape index (κ3) is 7.31. The van der Waals surface area contributed by atoms with Gasteiger partial charge in [-0.1, -0.05) is 30.3 Å². The first-order valence-electron chi connectivity index (χ1n) is 12.2. The Morgan fingerprint density at radius 2 is 1.41 bits per heavy atom. The maximum Gasteiger partial charge on any atom is 0.416 e. The molecule has 0 aliphatic heterocycles. The predicted octanol–water partition coefficient (Wildman–Crippen LogP) is 6.92. The molecule has 0 aliphatic carbocycles. The topological polar surface area (TPSA) is 63.5 Å². The number of carbonyl (C=O) groups is 2. The Balaban J connectivity index is 1.49. The number of benzene rings is 3. The lowest BCUT2D eigenvalue weighted by molar-refractivity contribution is -0.138. The van der Waals surface area contributed by atoms with Crippen LogP contribution in [-0.2, 0) is 25.4 Å². The van der Waals surface area contributed by atoms with Gasteiger partial charge in [-0.15, -0.1) is 11.3 Å². The predicted molar refractivity (Wildman–Crippen MR) is 141 cm³/mol. The van der Waals surface area contributed by atoms with Crippen LogP contribution in [0.1, 0.15) is 53.5 Å². The van der Waals surface area contributed by atoms with E-state index >= 15 is 0 Å². The number of hydrogen-bond acceptors (Lipinski definition) is 3. The van der Waals surface area contributed by atoms with E-state index in [1.807, 2.05) is 13.8 Å². The van der Waals surface area contributed by atoms with Crippen molar-refractivity contribution in [1.29, 1.82) is 0 Å². The number of nitrogens with zero attached hydrogens (tertiary/aromatic N) is 2. The summed E-state index contributed by atoms with van der Waals surface area (Å²) in [7, 11) is 0. The van der Waals surface area contributed by atoms with Gasteiger partial charge in [0.1, 0.15) is 0 Å². The van der Waals surface area contributed by atoms with E-state index in [1.54, 1.807) is 28.8 Å². The second kappa shape index (κ2) is 11.7. The molecule has 214 valence electrons.